The zero-order valence-corrected chi connectivity index (χ0v) is 22.7. The van der Waals surface area contributed by atoms with Gasteiger partial charge in [0.15, 0.2) is 17.9 Å². The van der Waals surface area contributed by atoms with Crippen LogP contribution in [-0.2, 0) is 23.7 Å². The van der Waals surface area contributed by atoms with E-state index < -0.39 is 0 Å². The van der Waals surface area contributed by atoms with Gasteiger partial charge in [0.2, 0.25) is 5.36 Å². The van der Waals surface area contributed by atoms with Crippen molar-refractivity contribution in [3.8, 4) is 11.5 Å². The Hall–Kier alpha value is -2.56. The standard InChI is InChI=1S/C28H41N3O6/c1-5-29-25-21-28-26(19-22(25)3)30-24-8-7-23(20-27(24)37-28)31(6-2)9-10-33-13-14-35-17-18-36-16-15-34-12-11-32-4/h7-8,19-21H,5-6,9-18H2,1-4H3/p+1. The Morgan fingerprint density at radius 1 is 0.838 bits per heavy atom. The summed E-state index contributed by atoms with van der Waals surface area (Å²) in [5.74, 6) is 0.771. The van der Waals surface area contributed by atoms with Gasteiger partial charge in [0.05, 0.1) is 58.9 Å². The Morgan fingerprint density at radius 3 is 2.11 bits per heavy atom. The molecule has 0 unspecified atom stereocenters. The molecule has 0 amide bonds. The SMILES string of the molecule is CCNc1cc2oc3cc(=[N+](CC)CCOCCOCCOCCOCCOC)ccc-3nc2cc1C. The van der Waals surface area contributed by atoms with Crippen LogP contribution < -0.4 is 15.2 Å². The van der Waals surface area contributed by atoms with Gasteiger partial charge < -0.3 is 33.4 Å². The lowest BCUT2D eigenvalue weighted by molar-refractivity contribution is -0.00770. The number of methoxy groups -OCH3 is 1. The molecule has 0 saturated heterocycles. The molecular formula is C28H42N3O6+. The minimum atomic E-state index is 0.543. The largest absolute Gasteiger partial charge is 0.452 e. The Balaban J connectivity index is 1.45. The van der Waals surface area contributed by atoms with Crippen molar-refractivity contribution in [3.05, 3.63) is 41.3 Å². The molecule has 2 aliphatic rings. The van der Waals surface area contributed by atoms with Crippen LogP contribution in [0.5, 0.6) is 0 Å². The van der Waals surface area contributed by atoms with Crippen molar-refractivity contribution in [2.45, 2.75) is 20.8 Å². The van der Waals surface area contributed by atoms with E-state index in [1.807, 2.05) is 12.1 Å². The number of hydrogen-bond acceptors (Lipinski definition) is 8. The molecule has 0 fully saturated rings. The molecule has 0 saturated carbocycles. The van der Waals surface area contributed by atoms with Crippen molar-refractivity contribution in [2.24, 2.45) is 0 Å². The lowest BCUT2D eigenvalue weighted by Crippen LogP contribution is -2.33. The van der Waals surface area contributed by atoms with Gasteiger partial charge in [0.25, 0.3) is 0 Å². The number of anilines is 1. The highest BCUT2D eigenvalue weighted by atomic mass is 16.6. The number of fused-ring (bicyclic) bond motifs is 2. The molecule has 37 heavy (non-hydrogen) atoms. The molecule has 1 aliphatic heterocycles. The smallest absolute Gasteiger partial charge is 0.203 e. The summed E-state index contributed by atoms with van der Waals surface area (Å²) in [7, 11) is 1.66. The minimum Gasteiger partial charge on any atom is -0.452 e. The van der Waals surface area contributed by atoms with Gasteiger partial charge in [0, 0.05) is 31.5 Å². The topological polar surface area (TPSA) is 87.2 Å². The molecule has 1 heterocycles. The molecule has 1 N–H and O–H groups in total. The van der Waals surface area contributed by atoms with E-state index in [1.165, 1.54) is 0 Å². The lowest BCUT2D eigenvalue weighted by Gasteiger charge is -2.11. The first kappa shape index (κ1) is 29.0. The number of ether oxygens (including phenoxy) is 5. The van der Waals surface area contributed by atoms with E-state index in [1.54, 1.807) is 7.11 Å². The zero-order valence-electron chi connectivity index (χ0n) is 22.7. The second-order valence-corrected chi connectivity index (χ2v) is 8.55. The lowest BCUT2D eigenvalue weighted by atomic mass is 10.1. The maximum atomic E-state index is 6.25. The van der Waals surface area contributed by atoms with Crippen molar-refractivity contribution in [2.75, 3.05) is 91.5 Å². The first-order valence-electron chi connectivity index (χ1n) is 13.1. The summed E-state index contributed by atoms with van der Waals surface area (Å²) in [4.78, 5) is 4.81. The third-order valence-electron chi connectivity index (χ3n) is 5.88. The Morgan fingerprint density at radius 2 is 1.49 bits per heavy atom. The van der Waals surface area contributed by atoms with E-state index in [0.29, 0.717) is 59.5 Å². The summed E-state index contributed by atoms with van der Waals surface area (Å²) in [6.45, 7) is 13.9. The third kappa shape index (κ3) is 9.36. The van der Waals surface area contributed by atoms with E-state index in [0.717, 1.165) is 58.8 Å². The summed E-state index contributed by atoms with van der Waals surface area (Å²) >= 11 is 0. The summed E-state index contributed by atoms with van der Waals surface area (Å²) in [5, 5.41) is 4.47. The number of benzene rings is 2. The van der Waals surface area contributed by atoms with Crippen LogP contribution in [0.2, 0.25) is 0 Å². The molecule has 0 atom stereocenters. The molecule has 0 aromatic heterocycles. The van der Waals surface area contributed by atoms with Gasteiger partial charge in [-0.3, -0.25) is 0 Å². The van der Waals surface area contributed by atoms with Gasteiger partial charge in [-0.25, -0.2) is 9.56 Å². The molecular weight excluding hydrogens is 474 g/mol. The highest BCUT2D eigenvalue weighted by Gasteiger charge is 2.13. The fraction of sp³-hybridized carbons (Fsp3) is 0.571. The first-order chi connectivity index (χ1) is 18.2. The van der Waals surface area contributed by atoms with Crippen molar-refractivity contribution in [1.29, 1.82) is 0 Å². The molecule has 0 radical (unpaired) electrons. The zero-order chi connectivity index (χ0) is 26.3. The molecule has 204 valence electrons. The highest BCUT2D eigenvalue weighted by molar-refractivity contribution is 5.81. The summed E-state index contributed by atoms with van der Waals surface area (Å²) in [6.07, 6.45) is 0. The van der Waals surface area contributed by atoms with E-state index in [-0.39, 0.29) is 0 Å². The maximum absolute atomic E-state index is 6.25. The monoisotopic (exact) mass is 516 g/mol. The minimum absolute atomic E-state index is 0.543. The van der Waals surface area contributed by atoms with Crippen LogP contribution in [0.25, 0.3) is 22.6 Å². The van der Waals surface area contributed by atoms with Crippen LogP contribution in [0.3, 0.4) is 0 Å². The predicted molar refractivity (Wildman–Crippen MR) is 145 cm³/mol. The van der Waals surface area contributed by atoms with Crippen LogP contribution in [0, 0.1) is 6.92 Å². The Kier molecular flexibility index (Phi) is 12.8. The third-order valence-corrected chi connectivity index (χ3v) is 5.88. The number of aryl methyl sites for hydroxylation is 1. The van der Waals surface area contributed by atoms with E-state index in [2.05, 4.69) is 48.9 Å². The number of hydrogen-bond donors (Lipinski definition) is 1. The average molecular weight is 517 g/mol. The fourth-order valence-electron chi connectivity index (χ4n) is 3.89. The van der Waals surface area contributed by atoms with Gasteiger partial charge in [0.1, 0.15) is 24.4 Å². The van der Waals surface area contributed by atoms with Crippen molar-refractivity contribution in [3.63, 3.8) is 0 Å². The molecule has 1 aliphatic carbocycles. The van der Waals surface area contributed by atoms with Crippen molar-refractivity contribution in [1.82, 2.24) is 9.56 Å². The predicted octanol–water partition coefficient (Wildman–Crippen LogP) is 3.18. The number of nitrogens with zero attached hydrogens (tertiary/aromatic N) is 2. The quantitative estimate of drug-likeness (QED) is 0.157. The molecule has 0 bridgehead atoms. The van der Waals surface area contributed by atoms with Gasteiger partial charge in [-0.15, -0.1) is 0 Å². The highest BCUT2D eigenvalue weighted by Crippen LogP contribution is 2.27. The molecule has 1 aromatic carbocycles. The van der Waals surface area contributed by atoms with Crippen LogP contribution in [-0.4, -0.2) is 91.2 Å². The van der Waals surface area contributed by atoms with Crippen molar-refractivity contribution >= 4 is 16.8 Å². The van der Waals surface area contributed by atoms with Gasteiger partial charge in [-0.05, 0) is 38.5 Å². The second-order valence-electron chi connectivity index (χ2n) is 8.55. The maximum Gasteiger partial charge on any atom is 0.203 e. The molecule has 9 heteroatoms. The van der Waals surface area contributed by atoms with E-state index in [4.69, 9.17) is 33.1 Å². The molecule has 9 nitrogen and oxygen atoms in total. The normalized spacial score (nSPS) is 12.4. The van der Waals surface area contributed by atoms with Crippen molar-refractivity contribution < 1.29 is 28.1 Å². The first-order valence-corrected chi connectivity index (χ1v) is 13.1. The van der Waals surface area contributed by atoms with Gasteiger partial charge in [-0.1, -0.05) is 0 Å². The van der Waals surface area contributed by atoms with Gasteiger partial charge in [-0.2, -0.15) is 0 Å². The molecule has 0 spiro atoms. The van der Waals surface area contributed by atoms with E-state index >= 15 is 0 Å². The number of nitrogens with one attached hydrogen (secondary N) is 1. The van der Waals surface area contributed by atoms with Crippen LogP contribution in [0.4, 0.5) is 5.69 Å². The van der Waals surface area contributed by atoms with Gasteiger partial charge >= 0.3 is 0 Å². The molecule has 1 aromatic rings. The summed E-state index contributed by atoms with van der Waals surface area (Å²) < 4.78 is 35.6. The Labute approximate surface area is 219 Å². The second kappa shape index (κ2) is 16.3. The average Bonchev–Trinajstić information content (AvgIpc) is 2.90. The summed E-state index contributed by atoms with van der Waals surface area (Å²) in [6, 6.07) is 10.3. The number of rotatable bonds is 18. The summed E-state index contributed by atoms with van der Waals surface area (Å²) in [5.41, 5.74) is 4.71. The molecule has 3 rings (SSSR count). The van der Waals surface area contributed by atoms with Crippen LogP contribution in [0.1, 0.15) is 19.4 Å². The van der Waals surface area contributed by atoms with Crippen LogP contribution in [0.15, 0.2) is 34.7 Å². The number of aromatic nitrogens is 1. The number of likely N-dealkylation sites (N-methyl/N-ethyl adjacent to an activating group) is 1. The Bertz CT molecular complexity index is 1120. The fourth-order valence-corrected chi connectivity index (χ4v) is 3.89. The van der Waals surface area contributed by atoms with Crippen LogP contribution >= 0.6 is 0 Å². The van der Waals surface area contributed by atoms with E-state index in [9.17, 15) is 0 Å².